The molecule has 5 rings (SSSR count). The van der Waals surface area contributed by atoms with Gasteiger partial charge in [-0.3, -0.25) is 9.59 Å². The first-order valence-electron chi connectivity index (χ1n) is 13.2. The Hall–Kier alpha value is -3.17. The van der Waals surface area contributed by atoms with Crippen LogP contribution in [0.5, 0.6) is 0 Å². The third kappa shape index (κ3) is 5.63. The van der Waals surface area contributed by atoms with Gasteiger partial charge in [0.15, 0.2) is 5.01 Å². The third-order valence-corrected chi connectivity index (χ3v) is 8.72. The van der Waals surface area contributed by atoms with E-state index in [0.717, 1.165) is 54.7 Å². The van der Waals surface area contributed by atoms with E-state index < -0.39 is 6.04 Å². The van der Waals surface area contributed by atoms with Gasteiger partial charge in [-0.25, -0.2) is 9.97 Å². The Morgan fingerprint density at radius 1 is 1.18 bits per heavy atom. The monoisotopic (exact) mass is 533 g/mol. The summed E-state index contributed by atoms with van der Waals surface area (Å²) in [6.45, 7) is 8.50. The molecule has 2 aliphatic rings. The minimum absolute atomic E-state index is 0.0931. The van der Waals surface area contributed by atoms with Gasteiger partial charge in [0.05, 0.1) is 12.1 Å². The van der Waals surface area contributed by atoms with Crippen LogP contribution in [-0.2, 0) is 17.6 Å². The van der Waals surface area contributed by atoms with Gasteiger partial charge in [-0.1, -0.05) is 44.2 Å². The molecule has 2 atom stereocenters. The number of rotatable bonds is 7. The van der Waals surface area contributed by atoms with Crippen molar-refractivity contribution in [2.45, 2.75) is 58.5 Å². The molecule has 1 aliphatic heterocycles. The van der Waals surface area contributed by atoms with Crippen molar-refractivity contribution in [1.29, 1.82) is 0 Å². The highest BCUT2D eigenvalue weighted by molar-refractivity contribution is 7.19. The summed E-state index contributed by atoms with van der Waals surface area (Å²) in [5.41, 5.74) is 4.51. The highest BCUT2D eigenvalue weighted by Crippen LogP contribution is 2.38. The molecule has 3 aromatic rings. The molecule has 1 fully saturated rings. The Balaban J connectivity index is 1.32. The van der Waals surface area contributed by atoms with Crippen LogP contribution in [0.3, 0.4) is 0 Å². The normalized spacial score (nSPS) is 18.9. The van der Waals surface area contributed by atoms with Gasteiger partial charge >= 0.3 is 0 Å². The number of nitrogens with one attached hydrogen (secondary N) is 2. The number of carbonyl (C=O) groups is 3. The second kappa shape index (κ2) is 10.5. The topological polar surface area (TPSA) is 104 Å². The van der Waals surface area contributed by atoms with E-state index >= 15 is 0 Å². The molecule has 38 heavy (non-hydrogen) atoms. The summed E-state index contributed by atoms with van der Waals surface area (Å²) in [4.78, 5) is 49.8. The second-order valence-electron chi connectivity index (χ2n) is 11.7. The fourth-order valence-electron chi connectivity index (χ4n) is 5.40. The van der Waals surface area contributed by atoms with E-state index in [-0.39, 0.29) is 29.7 Å². The lowest BCUT2D eigenvalue weighted by Gasteiger charge is -2.36. The Labute approximate surface area is 227 Å². The van der Waals surface area contributed by atoms with Crippen LogP contribution < -0.4 is 10.6 Å². The Kier molecular flexibility index (Phi) is 7.33. The van der Waals surface area contributed by atoms with Crippen LogP contribution in [0.15, 0.2) is 30.3 Å². The lowest BCUT2D eigenvalue weighted by atomic mass is 9.71. The van der Waals surface area contributed by atoms with Gasteiger partial charge in [0.1, 0.15) is 16.6 Å². The lowest BCUT2D eigenvalue weighted by Crippen LogP contribution is -2.57. The van der Waals surface area contributed by atoms with Gasteiger partial charge in [-0.05, 0) is 67.0 Å². The quantitative estimate of drug-likeness (QED) is 0.446. The summed E-state index contributed by atoms with van der Waals surface area (Å²) in [6.07, 6.45) is 3.90. The van der Waals surface area contributed by atoms with Gasteiger partial charge in [-0.2, -0.15) is 0 Å². The fraction of sp³-hybridized carbons (Fsp3) is 0.483. The number of aryl methyl sites for hydroxylation is 1. The number of aromatic nitrogens is 2. The van der Waals surface area contributed by atoms with E-state index in [0.29, 0.717) is 22.1 Å². The minimum Gasteiger partial charge on any atom is -0.347 e. The fourth-order valence-corrected chi connectivity index (χ4v) is 6.24. The summed E-state index contributed by atoms with van der Waals surface area (Å²) >= 11 is 1.27. The molecule has 0 spiro atoms. The largest absolute Gasteiger partial charge is 0.347 e. The van der Waals surface area contributed by atoms with E-state index in [2.05, 4.69) is 47.4 Å². The number of hydrogen-bond acceptors (Lipinski definition) is 7. The van der Waals surface area contributed by atoms with Crippen molar-refractivity contribution in [2.24, 2.45) is 11.3 Å². The number of likely N-dealkylation sites (tertiary alicyclic amines) is 1. The van der Waals surface area contributed by atoms with Crippen LogP contribution in [0.2, 0.25) is 0 Å². The molecule has 1 aliphatic carbocycles. The number of amides is 2. The molecule has 1 saturated heterocycles. The lowest BCUT2D eigenvalue weighted by molar-refractivity contribution is -0.108. The molecular formula is C29H35N5O3S. The molecule has 9 heteroatoms. The average molecular weight is 534 g/mol. The van der Waals surface area contributed by atoms with Crippen LogP contribution >= 0.6 is 11.3 Å². The zero-order valence-electron chi connectivity index (χ0n) is 22.4. The molecule has 0 saturated carbocycles. The number of thiazole rings is 1. The molecule has 0 radical (unpaired) electrons. The van der Waals surface area contributed by atoms with Crippen LogP contribution in [0.4, 0.5) is 0 Å². The predicted octanol–water partition coefficient (Wildman–Crippen LogP) is 3.95. The highest BCUT2D eigenvalue weighted by Gasteiger charge is 2.30. The molecule has 3 heterocycles. The van der Waals surface area contributed by atoms with Crippen LogP contribution in [0, 0.1) is 11.3 Å². The summed E-state index contributed by atoms with van der Waals surface area (Å²) in [5.74, 6) is 0.0847. The number of likely N-dealkylation sites (N-methyl/N-ethyl adjacent to an activating group) is 1. The molecule has 8 nitrogen and oxygen atoms in total. The molecule has 0 bridgehead atoms. The zero-order valence-corrected chi connectivity index (χ0v) is 23.2. The van der Waals surface area contributed by atoms with Gasteiger partial charge < -0.3 is 20.3 Å². The van der Waals surface area contributed by atoms with Crippen LogP contribution in [0.25, 0.3) is 10.3 Å². The predicted molar refractivity (Wildman–Crippen MR) is 148 cm³/mol. The van der Waals surface area contributed by atoms with Crippen molar-refractivity contribution in [2.75, 3.05) is 20.1 Å². The number of aldehydes is 1. The first-order valence-corrected chi connectivity index (χ1v) is 14.1. The van der Waals surface area contributed by atoms with Crippen LogP contribution in [0.1, 0.15) is 76.6 Å². The van der Waals surface area contributed by atoms with Gasteiger partial charge in [0, 0.05) is 30.8 Å². The molecule has 200 valence electrons. The number of carbonyl (C=O) groups excluding carboxylic acids is 3. The number of hydrogen-bond donors (Lipinski definition) is 2. The van der Waals surface area contributed by atoms with Gasteiger partial charge in [-0.15, -0.1) is 0 Å². The maximum Gasteiger partial charge on any atom is 0.280 e. The molecule has 2 N–H and O–H groups in total. The van der Waals surface area contributed by atoms with Gasteiger partial charge in [0.25, 0.3) is 11.8 Å². The number of fused-ring (bicyclic) bond motifs is 2. The maximum absolute atomic E-state index is 13.2. The van der Waals surface area contributed by atoms with Gasteiger partial charge in [0.2, 0.25) is 0 Å². The molecule has 1 aromatic carbocycles. The van der Waals surface area contributed by atoms with Crippen LogP contribution in [-0.4, -0.2) is 59.1 Å². The maximum atomic E-state index is 13.2. The van der Waals surface area contributed by atoms with E-state index in [9.17, 15) is 14.4 Å². The highest BCUT2D eigenvalue weighted by atomic mass is 32.1. The first-order chi connectivity index (χ1) is 18.1. The smallest absolute Gasteiger partial charge is 0.280 e. The standard InChI is InChI=1S/C29H35N5O3S/c1-29(2,3)20-8-9-22-19(13-20)14-24-27(32-22)38-28(33-24)26(37)31-23(10-11-35)17-6-5-7-18(12-17)25(36)30-21-15-34(4)16-21/h5-7,11-12,14,20-21,23H,8-10,13,15-16H2,1-4H3,(H,30,36)(H,31,37)/t20?,23-/m1/s1. The van der Waals surface area contributed by atoms with E-state index in [1.165, 1.54) is 16.9 Å². The molecule has 1 unspecified atom stereocenters. The Morgan fingerprint density at radius 2 is 1.97 bits per heavy atom. The number of nitrogens with zero attached hydrogens (tertiary/aromatic N) is 3. The molecule has 2 aromatic heterocycles. The van der Waals surface area contributed by atoms with Crippen molar-refractivity contribution in [1.82, 2.24) is 25.5 Å². The molecule has 2 amide bonds. The van der Waals surface area contributed by atoms with Crippen molar-refractivity contribution in [3.05, 3.63) is 57.7 Å². The number of pyridine rings is 1. The summed E-state index contributed by atoms with van der Waals surface area (Å²) in [5, 5.41) is 6.30. The summed E-state index contributed by atoms with van der Waals surface area (Å²) in [6, 6.07) is 8.74. The summed E-state index contributed by atoms with van der Waals surface area (Å²) < 4.78 is 0. The summed E-state index contributed by atoms with van der Waals surface area (Å²) in [7, 11) is 2.01. The van der Waals surface area contributed by atoms with E-state index in [1.54, 1.807) is 18.2 Å². The third-order valence-electron chi connectivity index (χ3n) is 7.76. The number of benzene rings is 1. The second-order valence-corrected chi connectivity index (χ2v) is 12.7. The van der Waals surface area contributed by atoms with Crippen molar-refractivity contribution in [3.63, 3.8) is 0 Å². The van der Waals surface area contributed by atoms with E-state index in [4.69, 9.17) is 4.98 Å². The van der Waals surface area contributed by atoms with E-state index in [1.807, 2.05) is 13.1 Å². The SMILES string of the molecule is CN1CC(NC(=O)c2cccc([C@@H](CC=O)NC(=O)c3nc4cc5c(nc4s3)CCC(C(C)(C)C)C5)c2)C1. The van der Waals surface area contributed by atoms with Crippen molar-refractivity contribution in [3.8, 4) is 0 Å². The first kappa shape index (κ1) is 26.4. The van der Waals surface area contributed by atoms with Crippen molar-refractivity contribution < 1.29 is 14.4 Å². The Morgan fingerprint density at radius 3 is 2.68 bits per heavy atom. The average Bonchev–Trinajstić information content (AvgIpc) is 3.28. The zero-order chi connectivity index (χ0) is 27.0. The van der Waals surface area contributed by atoms with Crippen molar-refractivity contribution >= 4 is 39.8 Å². The minimum atomic E-state index is -0.566. The molecular weight excluding hydrogens is 498 g/mol. The Bertz CT molecular complexity index is 1370.